The number of carboxylic acids is 2. The lowest BCUT2D eigenvalue weighted by molar-refractivity contribution is -0.143. The lowest BCUT2D eigenvalue weighted by Gasteiger charge is -2.25. The van der Waals surface area contributed by atoms with Crippen molar-refractivity contribution in [2.75, 3.05) is 12.4 Å². The summed E-state index contributed by atoms with van der Waals surface area (Å²) in [5, 5.41) is 33.4. The highest BCUT2D eigenvalue weighted by molar-refractivity contribution is 7.80. The van der Waals surface area contributed by atoms with Gasteiger partial charge in [0.05, 0.1) is 19.1 Å². The van der Waals surface area contributed by atoms with E-state index in [1.54, 1.807) is 13.8 Å². The summed E-state index contributed by atoms with van der Waals surface area (Å²) >= 11 is 3.97. The third-order valence-electron chi connectivity index (χ3n) is 3.68. The number of carbonyl (C=O) groups is 5. The van der Waals surface area contributed by atoms with Gasteiger partial charge in [-0.25, -0.2) is 4.79 Å². The molecule has 4 atom stereocenters. The van der Waals surface area contributed by atoms with Gasteiger partial charge in [-0.05, 0) is 12.3 Å². The van der Waals surface area contributed by atoms with Crippen LogP contribution < -0.4 is 21.7 Å². The number of nitrogens with one attached hydrogen (secondary N) is 3. The van der Waals surface area contributed by atoms with Crippen molar-refractivity contribution in [3.63, 3.8) is 0 Å². The summed E-state index contributed by atoms with van der Waals surface area (Å²) in [6, 6.07) is -5.26. The molecule has 0 aromatic carbocycles. The number of carbonyl (C=O) groups excluding carboxylic acids is 3. The molecule has 0 radical (unpaired) electrons. The average molecular weight is 436 g/mol. The number of aliphatic hydroxyl groups is 1. The highest BCUT2D eigenvalue weighted by atomic mass is 32.1. The van der Waals surface area contributed by atoms with Gasteiger partial charge in [-0.1, -0.05) is 13.8 Å². The van der Waals surface area contributed by atoms with Crippen molar-refractivity contribution in [2.24, 2.45) is 11.7 Å². The van der Waals surface area contributed by atoms with E-state index in [1.807, 2.05) is 0 Å². The molecule has 13 heteroatoms. The van der Waals surface area contributed by atoms with Crippen LogP contribution in [0.5, 0.6) is 0 Å². The van der Waals surface area contributed by atoms with Crippen LogP contribution in [-0.4, -0.2) is 81.5 Å². The Morgan fingerprint density at radius 3 is 1.79 bits per heavy atom. The fourth-order valence-corrected chi connectivity index (χ4v) is 2.44. The van der Waals surface area contributed by atoms with Gasteiger partial charge in [-0.15, -0.1) is 0 Å². The molecule has 0 aromatic heterocycles. The fourth-order valence-electron chi connectivity index (χ4n) is 2.19. The predicted molar refractivity (Wildman–Crippen MR) is 104 cm³/mol. The van der Waals surface area contributed by atoms with Crippen LogP contribution in [0.4, 0.5) is 0 Å². The fraction of sp³-hybridized carbons (Fsp3) is 0.688. The van der Waals surface area contributed by atoms with Crippen molar-refractivity contribution in [3.05, 3.63) is 0 Å². The summed E-state index contributed by atoms with van der Waals surface area (Å²) in [6.07, 6.45) is -0.482. The number of amides is 3. The smallest absolute Gasteiger partial charge is 0.328 e. The number of aliphatic carboxylic acids is 2. The molecule has 8 N–H and O–H groups in total. The molecule has 0 fully saturated rings. The van der Waals surface area contributed by atoms with Gasteiger partial charge in [-0.3, -0.25) is 19.2 Å². The van der Waals surface area contributed by atoms with Crippen LogP contribution in [0.2, 0.25) is 0 Å². The van der Waals surface area contributed by atoms with Crippen molar-refractivity contribution in [3.8, 4) is 0 Å². The minimum atomic E-state index is -1.54. The highest BCUT2D eigenvalue weighted by Crippen LogP contribution is 2.06. The molecule has 0 rings (SSSR count). The highest BCUT2D eigenvalue weighted by Gasteiger charge is 2.30. The van der Waals surface area contributed by atoms with E-state index >= 15 is 0 Å². The first-order valence-electron chi connectivity index (χ1n) is 8.75. The molecule has 0 heterocycles. The van der Waals surface area contributed by atoms with E-state index < -0.39 is 66.9 Å². The van der Waals surface area contributed by atoms with Crippen LogP contribution in [0.25, 0.3) is 0 Å². The minimum absolute atomic E-state index is 0.0588. The van der Waals surface area contributed by atoms with Crippen molar-refractivity contribution >= 4 is 42.3 Å². The minimum Gasteiger partial charge on any atom is -0.481 e. The Balaban J connectivity index is 5.17. The number of nitrogens with two attached hydrogens (primary N) is 1. The second-order valence-corrected chi connectivity index (χ2v) is 7.09. The standard InChI is InChI=1S/C16H28N4O8S/c1-7(2)3-9(14(25)19-10(5-21)16(27)28)18-15(26)11(6-29)20-13(24)8(17)4-12(22)23/h7-11,21,29H,3-6,17H2,1-2H3,(H,18,26)(H,19,25)(H,20,24)(H,22,23)(H,27,28). The Hall–Kier alpha value is -2.38. The second kappa shape index (κ2) is 13.0. The molecule has 3 amide bonds. The molecular weight excluding hydrogens is 408 g/mol. The van der Waals surface area contributed by atoms with E-state index in [2.05, 4.69) is 28.6 Å². The van der Waals surface area contributed by atoms with E-state index in [0.29, 0.717) is 0 Å². The molecular formula is C16H28N4O8S. The van der Waals surface area contributed by atoms with E-state index in [0.717, 1.165) is 0 Å². The summed E-state index contributed by atoms with van der Waals surface area (Å²) in [5.74, 6) is -5.43. The third-order valence-corrected chi connectivity index (χ3v) is 4.05. The number of hydrogen-bond acceptors (Lipinski definition) is 8. The molecule has 0 spiro atoms. The lowest BCUT2D eigenvalue weighted by Crippen LogP contribution is -2.58. The van der Waals surface area contributed by atoms with Gasteiger partial charge < -0.3 is 37.0 Å². The molecule has 0 aliphatic heterocycles. The zero-order valence-corrected chi connectivity index (χ0v) is 17.0. The van der Waals surface area contributed by atoms with Gasteiger partial charge >= 0.3 is 11.9 Å². The lowest BCUT2D eigenvalue weighted by atomic mass is 10.0. The van der Waals surface area contributed by atoms with Crippen molar-refractivity contribution < 1.29 is 39.3 Å². The van der Waals surface area contributed by atoms with E-state index in [9.17, 15) is 24.0 Å². The maximum absolute atomic E-state index is 12.5. The monoisotopic (exact) mass is 436 g/mol. The van der Waals surface area contributed by atoms with Crippen LogP contribution in [0.15, 0.2) is 0 Å². The van der Waals surface area contributed by atoms with Gasteiger partial charge in [0.2, 0.25) is 17.7 Å². The Labute approximate surface area is 173 Å². The Morgan fingerprint density at radius 1 is 0.897 bits per heavy atom. The van der Waals surface area contributed by atoms with Gasteiger partial charge in [-0.2, -0.15) is 12.6 Å². The number of thiol groups is 1. The zero-order valence-electron chi connectivity index (χ0n) is 16.1. The van der Waals surface area contributed by atoms with E-state index in [-0.39, 0.29) is 18.1 Å². The van der Waals surface area contributed by atoms with Crippen LogP contribution in [0, 0.1) is 5.92 Å². The number of rotatable bonds is 13. The Bertz CT molecular complexity index is 616. The first-order chi connectivity index (χ1) is 13.4. The van der Waals surface area contributed by atoms with Crippen molar-refractivity contribution in [2.45, 2.75) is 50.9 Å². The van der Waals surface area contributed by atoms with Crippen molar-refractivity contribution in [1.82, 2.24) is 16.0 Å². The molecule has 4 unspecified atom stereocenters. The molecule has 166 valence electrons. The number of hydrogen-bond donors (Lipinski definition) is 8. The summed E-state index contributed by atoms with van der Waals surface area (Å²) in [6.45, 7) is 2.71. The van der Waals surface area contributed by atoms with E-state index in [1.165, 1.54) is 0 Å². The molecule has 29 heavy (non-hydrogen) atoms. The summed E-state index contributed by atoms with van der Waals surface area (Å²) in [4.78, 5) is 58.3. The number of carboxylic acid groups (broad SMARTS) is 2. The second-order valence-electron chi connectivity index (χ2n) is 6.72. The summed E-state index contributed by atoms with van der Waals surface area (Å²) in [5.41, 5.74) is 5.44. The zero-order chi connectivity index (χ0) is 22.7. The quantitative estimate of drug-likeness (QED) is 0.141. The van der Waals surface area contributed by atoms with Crippen LogP contribution >= 0.6 is 12.6 Å². The summed E-state index contributed by atoms with van der Waals surface area (Å²) < 4.78 is 0. The maximum Gasteiger partial charge on any atom is 0.328 e. The average Bonchev–Trinajstić information content (AvgIpc) is 2.61. The summed E-state index contributed by atoms with van der Waals surface area (Å²) in [7, 11) is 0. The van der Waals surface area contributed by atoms with E-state index in [4.69, 9.17) is 21.1 Å². The van der Waals surface area contributed by atoms with Crippen molar-refractivity contribution in [1.29, 1.82) is 0 Å². The van der Waals surface area contributed by atoms with Gasteiger partial charge in [0, 0.05) is 5.75 Å². The third kappa shape index (κ3) is 10.1. The molecule has 0 aliphatic rings. The molecule has 0 saturated carbocycles. The van der Waals surface area contributed by atoms with Crippen LogP contribution in [0.1, 0.15) is 26.7 Å². The normalized spacial score (nSPS) is 15.0. The van der Waals surface area contributed by atoms with Crippen LogP contribution in [-0.2, 0) is 24.0 Å². The largest absolute Gasteiger partial charge is 0.481 e. The van der Waals surface area contributed by atoms with Gasteiger partial charge in [0.25, 0.3) is 0 Å². The first-order valence-corrected chi connectivity index (χ1v) is 9.39. The SMILES string of the molecule is CC(C)CC(NC(=O)C(CS)NC(=O)C(N)CC(=O)O)C(=O)NC(CO)C(=O)O. The maximum atomic E-state index is 12.5. The van der Waals surface area contributed by atoms with Gasteiger partial charge in [0.1, 0.15) is 18.1 Å². The predicted octanol–water partition coefficient (Wildman–Crippen LogP) is -2.70. The first kappa shape index (κ1) is 26.6. The molecule has 12 nitrogen and oxygen atoms in total. The van der Waals surface area contributed by atoms with Gasteiger partial charge in [0.15, 0.2) is 0 Å². The molecule has 0 aromatic rings. The molecule has 0 aliphatic carbocycles. The molecule has 0 bridgehead atoms. The van der Waals surface area contributed by atoms with Crippen LogP contribution in [0.3, 0.4) is 0 Å². The Morgan fingerprint density at radius 2 is 1.38 bits per heavy atom. The molecule has 0 saturated heterocycles. The Kier molecular flexibility index (Phi) is 11.9. The number of aliphatic hydroxyl groups excluding tert-OH is 1. The topological polar surface area (TPSA) is 208 Å².